The highest BCUT2D eigenvalue weighted by molar-refractivity contribution is 6.11. The topological polar surface area (TPSA) is 44.1 Å². The van der Waals surface area contributed by atoms with Crippen LogP contribution in [0.1, 0.15) is 21.7 Å². The first-order valence-electron chi connectivity index (χ1n) is 8.16. The molecule has 0 N–H and O–H groups in total. The van der Waals surface area contributed by atoms with E-state index in [-0.39, 0.29) is 0 Å². The van der Waals surface area contributed by atoms with E-state index < -0.39 is 5.97 Å². The van der Waals surface area contributed by atoms with Gasteiger partial charge in [0.05, 0.1) is 18.1 Å². The quantitative estimate of drug-likeness (QED) is 0.505. The number of methoxy groups -OCH3 is 1. The maximum absolute atomic E-state index is 12.0. The van der Waals surface area contributed by atoms with Crippen LogP contribution in [0.4, 0.5) is 0 Å². The van der Waals surface area contributed by atoms with E-state index in [2.05, 4.69) is 52.9 Å². The van der Waals surface area contributed by atoms with Crippen LogP contribution in [-0.2, 0) is 4.74 Å². The summed E-state index contributed by atoms with van der Waals surface area (Å²) in [5.41, 5.74) is 5.45. The van der Waals surface area contributed by atoms with Gasteiger partial charge in [-0.1, -0.05) is 35.9 Å². The Morgan fingerprint density at radius 2 is 1.72 bits per heavy atom. The minimum absolute atomic E-state index is 0.323. The number of hydrogen-bond acceptors (Lipinski definition) is 3. The van der Waals surface area contributed by atoms with Crippen LogP contribution in [0, 0.1) is 13.8 Å². The lowest BCUT2D eigenvalue weighted by molar-refractivity contribution is 0.0594. The number of nitrogens with zero attached hydrogens (tertiary/aromatic N) is 2. The number of rotatable bonds is 2. The number of benzene rings is 2. The summed E-state index contributed by atoms with van der Waals surface area (Å²) >= 11 is 0. The largest absolute Gasteiger partial charge is 0.464 e. The molecule has 2 aromatic carbocycles. The predicted molar refractivity (Wildman–Crippen MR) is 99.4 cm³/mol. The van der Waals surface area contributed by atoms with Gasteiger partial charge in [-0.15, -0.1) is 0 Å². The molecule has 4 nitrogen and oxygen atoms in total. The second-order valence-corrected chi connectivity index (χ2v) is 6.17. The van der Waals surface area contributed by atoms with Crippen LogP contribution in [0.25, 0.3) is 27.5 Å². The van der Waals surface area contributed by atoms with Crippen LogP contribution >= 0.6 is 0 Å². The summed E-state index contributed by atoms with van der Waals surface area (Å²) in [5.74, 6) is -0.425. The van der Waals surface area contributed by atoms with E-state index in [1.807, 2.05) is 25.1 Å². The third-order valence-corrected chi connectivity index (χ3v) is 4.52. The van der Waals surface area contributed by atoms with Crippen LogP contribution < -0.4 is 0 Å². The fraction of sp³-hybridized carbons (Fsp3) is 0.143. The van der Waals surface area contributed by atoms with Crippen molar-refractivity contribution < 1.29 is 9.53 Å². The maximum Gasteiger partial charge on any atom is 0.356 e. The van der Waals surface area contributed by atoms with Crippen LogP contribution in [0.3, 0.4) is 0 Å². The average Bonchev–Trinajstić information content (AvgIpc) is 2.96. The van der Waals surface area contributed by atoms with E-state index in [0.717, 1.165) is 33.2 Å². The Morgan fingerprint density at radius 1 is 1.00 bits per heavy atom. The molecule has 0 radical (unpaired) electrons. The molecule has 0 amide bonds. The van der Waals surface area contributed by atoms with Crippen molar-refractivity contribution in [1.82, 2.24) is 9.55 Å². The zero-order valence-electron chi connectivity index (χ0n) is 14.4. The van der Waals surface area contributed by atoms with Crippen molar-refractivity contribution in [3.05, 3.63) is 71.5 Å². The molecule has 0 saturated heterocycles. The third-order valence-electron chi connectivity index (χ3n) is 4.52. The molecule has 4 heteroatoms. The van der Waals surface area contributed by atoms with Crippen molar-refractivity contribution in [2.45, 2.75) is 13.8 Å². The number of aryl methyl sites for hydroxylation is 2. The fourth-order valence-corrected chi connectivity index (χ4v) is 3.36. The second kappa shape index (κ2) is 5.74. The molecule has 25 heavy (non-hydrogen) atoms. The smallest absolute Gasteiger partial charge is 0.356 e. The monoisotopic (exact) mass is 330 g/mol. The van der Waals surface area contributed by atoms with E-state index in [9.17, 15) is 4.79 Å². The number of hydrogen-bond donors (Lipinski definition) is 0. The van der Waals surface area contributed by atoms with Gasteiger partial charge in [-0.25, -0.2) is 9.78 Å². The lowest BCUT2D eigenvalue weighted by Gasteiger charge is -2.09. The van der Waals surface area contributed by atoms with Gasteiger partial charge in [0.15, 0.2) is 5.69 Å². The maximum atomic E-state index is 12.0. The number of carbonyl (C=O) groups is 1. The molecule has 0 atom stereocenters. The zero-order chi connectivity index (χ0) is 17.6. The van der Waals surface area contributed by atoms with Crippen molar-refractivity contribution in [3.63, 3.8) is 0 Å². The molecule has 124 valence electrons. The number of carbonyl (C=O) groups excluding carboxylic acids is 1. The second-order valence-electron chi connectivity index (χ2n) is 6.17. The van der Waals surface area contributed by atoms with E-state index in [4.69, 9.17) is 4.74 Å². The van der Waals surface area contributed by atoms with Gasteiger partial charge in [-0.3, -0.25) is 0 Å². The molecule has 2 aromatic heterocycles. The molecule has 0 aliphatic rings. The number of pyridine rings is 1. The van der Waals surface area contributed by atoms with Crippen LogP contribution in [-0.4, -0.2) is 22.6 Å². The molecule has 2 heterocycles. The first-order valence-corrected chi connectivity index (χ1v) is 8.16. The number of para-hydroxylation sites is 1. The Morgan fingerprint density at radius 3 is 2.44 bits per heavy atom. The van der Waals surface area contributed by atoms with Gasteiger partial charge in [0, 0.05) is 22.2 Å². The number of aromatic nitrogens is 2. The van der Waals surface area contributed by atoms with Gasteiger partial charge in [0.1, 0.15) is 0 Å². The molecule has 4 rings (SSSR count). The Balaban J connectivity index is 2.15. The molecule has 0 fully saturated rings. The normalized spacial score (nSPS) is 11.2. The minimum atomic E-state index is -0.425. The molecule has 4 aromatic rings. The van der Waals surface area contributed by atoms with Crippen LogP contribution in [0.2, 0.25) is 0 Å². The van der Waals surface area contributed by atoms with Crippen molar-refractivity contribution >= 4 is 27.8 Å². The summed E-state index contributed by atoms with van der Waals surface area (Å²) in [6.07, 6.45) is 0. The summed E-state index contributed by atoms with van der Waals surface area (Å²) in [4.78, 5) is 16.5. The minimum Gasteiger partial charge on any atom is -0.464 e. The summed E-state index contributed by atoms with van der Waals surface area (Å²) in [5, 5.41) is 2.18. The summed E-state index contributed by atoms with van der Waals surface area (Å²) in [6, 6.07) is 18.4. The highest BCUT2D eigenvalue weighted by atomic mass is 16.5. The van der Waals surface area contributed by atoms with Crippen molar-refractivity contribution in [2.24, 2.45) is 0 Å². The molecular formula is C21H18N2O2. The van der Waals surface area contributed by atoms with E-state index in [1.54, 1.807) is 0 Å². The molecule has 0 saturated carbocycles. The summed E-state index contributed by atoms with van der Waals surface area (Å²) < 4.78 is 7.04. The predicted octanol–water partition coefficient (Wildman–Crippen LogP) is 4.58. The first-order chi connectivity index (χ1) is 12.1. The molecule has 0 aliphatic carbocycles. The average molecular weight is 330 g/mol. The van der Waals surface area contributed by atoms with Crippen LogP contribution in [0.15, 0.2) is 54.6 Å². The first kappa shape index (κ1) is 15.4. The molecule has 0 spiro atoms. The SMILES string of the molecule is COC(=O)c1cc2c(c(C)n1)c1ccccc1n2-c1ccc(C)cc1. The van der Waals surface area contributed by atoms with Gasteiger partial charge in [0.25, 0.3) is 0 Å². The summed E-state index contributed by atoms with van der Waals surface area (Å²) in [7, 11) is 1.37. The third kappa shape index (κ3) is 2.38. The Labute approximate surface area is 145 Å². The van der Waals surface area contributed by atoms with E-state index >= 15 is 0 Å². The highest BCUT2D eigenvalue weighted by Gasteiger charge is 2.18. The highest BCUT2D eigenvalue weighted by Crippen LogP contribution is 2.33. The molecular weight excluding hydrogens is 312 g/mol. The molecule has 0 bridgehead atoms. The molecule has 0 unspecified atom stereocenters. The van der Waals surface area contributed by atoms with Crippen molar-refractivity contribution in [3.8, 4) is 5.69 Å². The number of esters is 1. The lowest BCUT2D eigenvalue weighted by atomic mass is 10.1. The van der Waals surface area contributed by atoms with Gasteiger partial charge < -0.3 is 9.30 Å². The summed E-state index contributed by atoms with van der Waals surface area (Å²) in [6.45, 7) is 4.00. The van der Waals surface area contributed by atoms with E-state index in [0.29, 0.717) is 5.69 Å². The lowest BCUT2D eigenvalue weighted by Crippen LogP contribution is -2.06. The standard InChI is InChI=1S/C21H18N2O2/c1-13-8-10-15(11-9-13)23-18-7-5-4-6-16(18)20-14(2)22-17(12-19(20)23)21(24)25-3/h4-12H,1-3H3. The Bertz CT molecular complexity index is 1110. The van der Waals surface area contributed by atoms with Crippen molar-refractivity contribution in [1.29, 1.82) is 0 Å². The number of ether oxygens (including phenoxy) is 1. The Kier molecular flexibility index (Phi) is 3.53. The van der Waals surface area contributed by atoms with Gasteiger partial charge in [-0.05, 0) is 38.1 Å². The Hall–Kier alpha value is -3.14. The fourth-order valence-electron chi connectivity index (χ4n) is 3.36. The van der Waals surface area contributed by atoms with Gasteiger partial charge in [0.2, 0.25) is 0 Å². The zero-order valence-corrected chi connectivity index (χ0v) is 14.4. The van der Waals surface area contributed by atoms with E-state index in [1.165, 1.54) is 12.7 Å². The molecule has 0 aliphatic heterocycles. The number of fused-ring (bicyclic) bond motifs is 3. The van der Waals surface area contributed by atoms with Gasteiger partial charge >= 0.3 is 5.97 Å². The van der Waals surface area contributed by atoms with Crippen molar-refractivity contribution in [2.75, 3.05) is 7.11 Å². The van der Waals surface area contributed by atoms with Crippen LogP contribution in [0.5, 0.6) is 0 Å². The van der Waals surface area contributed by atoms with Gasteiger partial charge in [-0.2, -0.15) is 0 Å².